The summed E-state index contributed by atoms with van der Waals surface area (Å²) >= 11 is 0. The molecule has 2 nitrogen and oxygen atoms in total. The maximum absolute atomic E-state index is 5.63. The van der Waals surface area contributed by atoms with Crippen molar-refractivity contribution in [1.82, 2.24) is 0 Å². The molecule has 1 aliphatic carbocycles. The standard InChI is InChI=1S/C8H12O2/c1-4-9-7-6(1)10-5-8(7)2-3-8/h6-7H,1-5H2/t6-,7+/m1/s1. The summed E-state index contributed by atoms with van der Waals surface area (Å²) in [5, 5.41) is 0. The first-order valence-electron chi connectivity index (χ1n) is 4.14. The largest absolute Gasteiger partial charge is 0.375 e. The second-order valence-corrected chi connectivity index (χ2v) is 3.79. The highest BCUT2D eigenvalue weighted by atomic mass is 16.6. The van der Waals surface area contributed by atoms with Crippen molar-refractivity contribution in [3.8, 4) is 0 Å². The predicted molar refractivity (Wildman–Crippen MR) is 35.8 cm³/mol. The van der Waals surface area contributed by atoms with Gasteiger partial charge in [-0.2, -0.15) is 0 Å². The van der Waals surface area contributed by atoms with Crippen LogP contribution in [0.3, 0.4) is 0 Å². The molecule has 2 heteroatoms. The molecule has 0 aromatic carbocycles. The van der Waals surface area contributed by atoms with Crippen molar-refractivity contribution in [3.05, 3.63) is 0 Å². The fraction of sp³-hybridized carbons (Fsp3) is 1.00. The number of hydrogen-bond donors (Lipinski definition) is 0. The molecule has 2 heterocycles. The van der Waals surface area contributed by atoms with E-state index in [4.69, 9.17) is 9.47 Å². The molecule has 56 valence electrons. The van der Waals surface area contributed by atoms with E-state index in [1.165, 1.54) is 12.8 Å². The molecule has 10 heavy (non-hydrogen) atoms. The first-order chi connectivity index (χ1) is 4.91. The lowest BCUT2D eigenvalue weighted by molar-refractivity contribution is 0.0588. The van der Waals surface area contributed by atoms with Crippen LogP contribution in [-0.4, -0.2) is 25.4 Å². The van der Waals surface area contributed by atoms with Crippen LogP contribution < -0.4 is 0 Å². The van der Waals surface area contributed by atoms with Gasteiger partial charge >= 0.3 is 0 Å². The molecule has 0 amide bonds. The first-order valence-corrected chi connectivity index (χ1v) is 4.14. The average molecular weight is 140 g/mol. The highest BCUT2D eigenvalue weighted by molar-refractivity contribution is 5.08. The third-order valence-electron chi connectivity index (χ3n) is 3.12. The first kappa shape index (κ1) is 5.56. The molecule has 1 saturated carbocycles. The van der Waals surface area contributed by atoms with E-state index in [0.29, 0.717) is 17.6 Å². The van der Waals surface area contributed by atoms with Crippen LogP contribution in [0.4, 0.5) is 0 Å². The van der Waals surface area contributed by atoms with Gasteiger partial charge in [0, 0.05) is 12.0 Å². The summed E-state index contributed by atoms with van der Waals surface area (Å²) < 4.78 is 11.3. The predicted octanol–water partition coefficient (Wildman–Crippen LogP) is 0.954. The van der Waals surface area contributed by atoms with Crippen LogP contribution in [0, 0.1) is 5.41 Å². The van der Waals surface area contributed by atoms with Crippen molar-refractivity contribution in [1.29, 1.82) is 0 Å². The maximum Gasteiger partial charge on any atom is 0.0915 e. The summed E-state index contributed by atoms with van der Waals surface area (Å²) in [6.07, 6.45) is 4.75. The fourth-order valence-corrected chi connectivity index (χ4v) is 2.26. The third kappa shape index (κ3) is 0.523. The second kappa shape index (κ2) is 1.56. The van der Waals surface area contributed by atoms with Gasteiger partial charge in [-0.1, -0.05) is 0 Å². The van der Waals surface area contributed by atoms with Crippen molar-refractivity contribution < 1.29 is 9.47 Å². The Labute approximate surface area is 60.5 Å². The minimum Gasteiger partial charge on any atom is -0.375 e. The monoisotopic (exact) mass is 140 g/mol. The minimum absolute atomic E-state index is 0.461. The Morgan fingerprint density at radius 2 is 2.10 bits per heavy atom. The quantitative estimate of drug-likeness (QED) is 0.499. The molecule has 3 rings (SSSR count). The highest BCUT2D eigenvalue weighted by Gasteiger charge is 2.59. The molecule has 3 fully saturated rings. The van der Waals surface area contributed by atoms with Crippen LogP contribution in [0.2, 0.25) is 0 Å². The van der Waals surface area contributed by atoms with Gasteiger partial charge in [0.05, 0.1) is 18.8 Å². The minimum atomic E-state index is 0.461. The summed E-state index contributed by atoms with van der Waals surface area (Å²) in [5.74, 6) is 0. The zero-order chi connectivity index (χ0) is 6.60. The van der Waals surface area contributed by atoms with Crippen LogP contribution in [0.15, 0.2) is 0 Å². The molecule has 0 N–H and O–H groups in total. The molecule has 2 aliphatic heterocycles. The van der Waals surface area contributed by atoms with E-state index in [1.807, 2.05) is 0 Å². The Balaban J connectivity index is 1.90. The van der Waals surface area contributed by atoms with Crippen molar-refractivity contribution in [2.24, 2.45) is 5.41 Å². The van der Waals surface area contributed by atoms with Crippen molar-refractivity contribution >= 4 is 0 Å². The van der Waals surface area contributed by atoms with Gasteiger partial charge in [0.1, 0.15) is 0 Å². The van der Waals surface area contributed by atoms with Gasteiger partial charge in [0.25, 0.3) is 0 Å². The highest BCUT2D eigenvalue weighted by Crippen LogP contribution is 2.57. The van der Waals surface area contributed by atoms with Gasteiger partial charge in [0.2, 0.25) is 0 Å². The van der Waals surface area contributed by atoms with E-state index in [9.17, 15) is 0 Å². The number of fused-ring (bicyclic) bond motifs is 2. The second-order valence-electron chi connectivity index (χ2n) is 3.79. The molecule has 0 radical (unpaired) electrons. The molecule has 0 aromatic heterocycles. The smallest absolute Gasteiger partial charge is 0.0915 e. The van der Waals surface area contributed by atoms with Crippen LogP contribution in [0.25, 0.3) is 0 Å². The molecular weight excluding hydrogens is 128 g/mol. The van der Waals surface area contributed by atoms with E-state index in [0.717, 1.165) is 19.6 Å². The average Bonchev–Trinajstić information content (AvgIpc) is 2.40. The zero-order valence-electron chi connectivity index (χ0n) is 6.01. The summed E-state index contributed by atoms with van der Waals surface area (Å²) in [5.41, 5.74) is 0.501. The van der Waals surface area contributed by atoms with Gasteiger partial charge in [-0.25, -0.2) is 0 Å². The Morgan fingerprint density at radius 3 is 2.90 bits per heavy atom. The summed E-state index contributed by atoms with van der Waals surface area (Å²) in [6, 6.07) is 0. The van der Waals surface area contributed by atoms with E-state index >= 15 is 0 Å². The summed E-state index contributed by atoms with van der Waals surface area (Å²) in [6.45, 7) is 1.90. The fourth-order valence-electron chi connectivity index (χ4n) is 2.26. The van der Waals surface area contributed by atoms with E-state index in [-0.39, 0.29) is 0 Å². The molecular formula is C8H12O2. The van der Waals surface area contributed by atoms with Gasteiger partial charge in [-0.3, -0.25) is 0 Å². The van der Waals surface area contributed by atoms with E-state index in [2.05, 4.69) is 0 Å². The lowest BCUT2D eigenvalue weighted by atomic mass is 10.00. The van der Waals surface area contributed by atoms with Gasteiger partial charge < -0.3 is 9.47 Å². The lowest BCUT2D eigenvalue weighted by Gasteiger charge is -2.12. The van der Waals surface area contributed by atoms with Crippen molar-refractivity contribution in [2.45, 2.75) is 31.5 Å². The Hall–Kier alpha value is -0.0800. The molecule has 2 saturated heterocycles. The van der Waals surface area contributed by atoms with Crippen molar-refractivity contribution in [3.63, 3.8) is 0 Å². The van der Waals surface area contributed by atoms with Crippen LogP contribution in [-0.2, 0) is 9.47 Å². The Kier molecular flexibility index (Phi) is 0.868. The lowest BCUT2D eigenvalue weighted by Crippen LogP contribution is -2.23. The van der Waals surface area contributed by atoms with Gasteiger partial charge in [-0.05, 0) is 19.3 Å². The number of ether oxygens (including phenoxy) is 2. The third-order valence-corrected chi connectivity index (χ3v) is 3.12. The summed E-state index contributed by atoms with van der Waals surface area (Å²) in [4.78, 5) is 0. The number of hydrogen-bond acceptors (Lipinski definition) is 2. The van der Waals surface area contributed by atoms with Gasteiger partial charge in [0.15, 0.2) is 0 Å². The Morgan fingerprint density at radius 1 is 1.20 bits per heavy atom. The number of rotatable bonds is 0. The van der Waals surface area contributed by atoms with Crippen LogP contribution in [0.1, 0.15) is 19.3 Å². The Bertz CT molecular complexity index is 163. The molecule has 0 aromatic rings. The van der Waals surface area contributed by atoms with Crippen molar-refractivity contribution in [2.75, 3.05) is 13.2 Å². The van der Waals surface area contributed by atoms with E-state index < -0.39 is 0 Å². The van der Waals surface area contributed by atoms with Crippen LogP contribution in [0.5, 0.6) is 0 Å². The topological polar surface area (TPSA) is 18.5 Å². The van der Waals surface area contributed by atoms with Gasteiger partial charge in [-0.15, -0.1) is 0 Å². The van der Waals surface area contributed by atoms with Crippen LogP contribution >= 0.6 is 0 Å². The molecule has 0 bridgehead atoms. The molecule has 3 aliphatic rings. The molecule has 1 spiro atoms. The van der Waals surface area contributed by atoms with E-state index in [1.54, 1.807) is 0 Å². The SMILES string of the molecule is C1C[C@H]2OCC3(CC3)[C@H]2O1. The molecule has 2 atom stereocenters. The summed E-state index contributed by atoms with van der Waals surface area (Å²) in [7, 11) is 0. The maximum atomic E-state index is 5.63. The normalized spacial score (nSPS) is 48.0. The molecule has 0 unspecified atom stereocenters. The zero-order valence-corrected chi connectivity index (χ0v) is 6.01.